The molecule has 2 aliphatic rings. The van der Waals surface area contributed by atoms with E-state index < -0.39 is 12.2 Å². The molecule has 6 rings (SSSR count). The number of unbranched alkanes of at least 4 members (excludes halogenated alkanes) is 2. The molecule has 2 heterocycles. The van der Waals surface area contributed by atoms with E-state index in [2.05, 4.69) is 39.8 Å². The highest BCUT2D eigenvalue weighted by atomic mass is 32.2. The Morgan fingerprint density at radius 3 is 1.35 bits per heavy atom. The van der Waals surface area contributed by atoms with E-state index in [1.165, 1.54) is 4.90 Å². The zero-order valence-electron chi connectivity index (χ0n) is 33.6. The minimum atomic E-state index is -0.542. The molecule has 310 valence electrons. The smallest absolute Gasteiger partial charge is 0.119 e. The van der Waals surface area contributed by atoms with Crippen molar-refractivity contribution >= 4 is 23.5 Å². The number of benzene rings is 4. The molecule has 0 radical (unpaired) electrons. The number of phenols is 3. The lowest BCUT2D eigenvalue weighted by molar-refractivity contribution is 0.0181. The van der Waals surface area contributed by atoms with Crippen LogP contribution in [0.5, 0.6) is 23.0 Å². The molecule has 5 N–H and O–H groups in total. The van der Waals surface area contributed by atoms with E-state index in [9.17, 15) is 25.5 Å². The zero-order valence-corrected chi connectivity index (χ0v) is 35.2. The Kier molecular flexibility index (Phi) is 18.9. The number of aliphatic hydroxyl groups excluding tert-OH is 2. The van der Waals surface area contributed by atoms with Crippen LogP contribution in [0.15, 0.2) is 94.7 Å². The monoisotopic (exact) mass is 822 g/mol. The Labute approximate surface area is 344 Å². The lowest BCUT2D eigenvalue weighted by Gasteiger charge is -2.39. The first-order valence-electron chi connectivity index (χ1n) is 19.6. The van der Waals surface area contributed by atoms with Crippen molar-refractivity contribution in [2.24, 2.45) is 10.8 Å². The van der Waals surface area contributed by atoms with Crippen molar-refractivity contribution in [2.75, 3.05) is 18.6 Å². The predicted octanol–water partition coefficient (Wildman–Crippen LogP) is 11.0. The molecule has 57 heavy (non-hydrogen) atoms. The van der Waals surface area contributed by atoms with E-state index in [-0.39, 0.29) is 39.9 Å². The number of aliphatic hydroxyl groups is 2. The summed E-state index contributed by atoms with van der Waals surface area (Å²) >= 11 is 3.64. The van der Waals surface area contributed by atoms with E-state index in [0.29, 0.717) is 0 Å². The number of phenolic OH excluding ortho intramolecular Hbond substituents is 3. The molecule has 0 fully saturated rings. The Balaban J connectivity index is 0.000000281. The molecule has 2 aliphatic heterocycles. The van der Waals surface area contributed by atoms with Crippen molar-refractivity contribution in [2.45, 2.75) is 113 Å². The van der Waals surface area contributed by atoms with Crippen LogP contribution in [-0.4, -0.2) is 56.4 Å². The number of fused-ring (bicyclic) bond motifs is 2. The summed E-state index contributed by atoms with van der Waals surface area (Å²) in [5.74, 6) is 2.92. The van der Waals surface area contributed by atoms with Gasteiger partial charge in [0.1, 0.15) is 23.0 Å². The summed E-state index contributed by atoms with van der Waals surface area (Å²) in [7, 11) is 1.68. The fraction of sp³-hybridized carbons (Fsp3) is 0.467. The molecule has 10 nitrogen and oxygen atoms in total. The summed E-state index contributed by atoms with van der Waals surface area (Å²) < 4.78 is 5.47. The summed E-state index contributed by atoms with van der Waals surface area (Å²) in [6.45, 7) is 8.76. The highest BCUT2D eigenvalue weighted by molar-refractivity contribution is 7.99. The van der Waals surface area contributed by atoms with Gasteiger partial charge in [0.25, 0.3) is 0 Å². The topological polar surface area (TPSA) is 179 Å². The Bertz CT molecular complexity index is 1810. The summed E-state index contributed by atoms with van der Waals surface area (Å²) in [6, 6.07) is 26.0. The van der Waals surface area contributed by atoms with Gasteiger partial charge >= 0.3 is 0 Å². The summed E-state index contributed by atoms with van der Waals surface area (Å²) in [5, 5.41) is 52.8. The molecular formula is C45H58O10S2. The van der Waals surface area contributed by atoms with Gasteiger partial charge in [0.15, 0.2) is 0 Å². The third-order valence-corrected chi connectivity index (χ3v) is 14.6. The van der Waals surface area contributed by atoms with Crippen molar-refractivity contribution in [1.82, 2.24) is 0 Å². The molecule has 0 amide bonds. The van der Waals surface area contributed by atoms with Crippen molar-refractivity contribution in [3.8, 4) is 23.0 Å². The first kappa shape index (κ1) is 47.3. The van der Waals surface area contributed by atoms with Crippen molar-refractivity contribution in [1.29, 1.82) is 0 Å². The minimum absolute atomic E-state index is 0.129. The number of rotatable bonds is 11. The zero-order chi connectivity index (χ0) is 42.2. The highest BCUT2D eigenvalue weighted by Crippen LogP contribution is 2.53. The van der Waals surface area contributed by atoms with Crippen LogP contribution in [0.3, 0.4) is 0 Å². The average molecular weight is 823 g/mol. The van der Waals surface area contributed by atoms with Gasteiger partial charge in [0.05, 0.1) is 19.3 Å². The molecule has 0 saturated heterocycles. The van der Waals surface area contributed by atoms with E-state index in [1.807, 2.05) is 48.2 Å². The van der Waals surface area contributed by atoms with Crippen LogP contribution in [-0.2, 0) is 0 Å². The Hall–Kier alpha value is -4.10. The quantitative estimate of drug-likeness (QED) is 0.0968. The lowest BCUT2D eigenvalue weighted by atomic mass is 9.69. The van der Waals surface area contributed by atoms with Crippen molar-refractivity contribution in [3.63, 3.8) is 0 Å². The number of hydrogen-bond donors (Lipinski definition) is 5. The predicted molar refractivity (Wildman–Crippen MR) is 232 cm³/mol. The van der Waals surface area contributed by atoms with Gasteiger partial charge in [-0.3, -0.25) is 0 Å². The van der Waals surface area contributed by atoms with Crippen LogP contribution in [0.2, 0.25) is 0 Å². The van der Waals surface area contributed by atoms with Crippen LogP contribution in [0.1, 0.15) is 113 Å². The van der Waals surface area contributed by atoms with Gasteiger partial charge in [0.2, 0.25) is 0 Å². The number of aromatic hydroxyl groups is 3. The van der Waals surface area contributed by atoms with Crippen LogP contribution in [0, 0.1) is 30.7 Å². The molecule has 4 aromatic carbocycles. The maximum absolute atomic E-state index is 11.7. The average Bonchev–Trinajstić information content (AvgIpc) is 3.44. The SMILES string of the molecule is CCCC[C@]1(CC)CSc2ccc(O)cc2[C@@H](c2ccc(O)cc2)[C@H]1O.CCCC[C@]1(CC)CSc2ccc(OC)cc2[C@@H](c2ccc(O)cc2)C1O.O=O.O=O. The fourth-order valence-electron chi connectivity index (χ4n) is 8.16. The van der Waals surface area contributed by atoms with Gasteiger partial charge in [-0.25, -0.2) is 0 Å². The molecule has 4 aromatic rings. The van der Waals surface area contributed by atoms with Crippen LogP contribution in [0.25, 0.3) is 0 Å². The molecule has 0 aliphatic carbocycles. The second kappa shape index (κ2) is 22.7. The van der Waals surface area contributed by atoms with Crippen LogP contribution >= 0.6 is 23.5 Å². The largest absolute Gasteiger partial charge is 0.508 e. The fourth-order valence-corrected chi connectivity index (χ4v) is 11.1. The van der Waals surface area contributed by atoms with Crippen LogP contribution in [0.4, 0.5) is 0 Å². The van der Waals surface area contributed by atoms with Crippen molar-refractivity contribution < 1.29 is 30.3 Å². The first-order valence-corrected chi connectivity index (χ1v) is 21.6. The highest BCUT2D eigenvalue weighted by Gasteiger charge is 2.46. The molecule has 0 saturated carbocycles. The molecule has 12 heteroatoms. The number of methoxy groups -OCH3 is 1. The molecule has 1 unspecified atom stereocenters. The maximum atomic E-state index is 11.7. The normalized spacial score (nSPS) is 23.6. The van der Waals surface area contributed by atoms with E-state index in [0.717, 1.165) is 95.8 Å². The molecule has 0 bridgehead atoms. The molecular weight excluding hydrogens is 765 g/mol. The Morgan fingerprint density at radius 1 is 0.579 bits per heavy atom. The second-order valence-electron chi connectivity index (χ2n) is 14.9. The standard InChI is InChI=1S/C23H30O3S.C22H28O3S.2O2/c1-4-6-13-23(5-2)15-27-20-12-11-18(26-3)14-19(20)21(22(23)25)16-7-9-17(24)10-8-16;1-3-5-12-22(4-2)14-26-19-11-10-17(24)13-18(19)20(21(22)25)15-6-8-16(23)9-7-15;2*1-2/h7-12,14,21-22,24-25H,4-6,13,15H2,1-3H3;6-11,13,20-21,23-25H,3-5,12,14H2,1-2H3;;/t21-,22?,23-;20-,21-,22-;;/m11../s1. The number of hydrogen-bond acceptors (Lipinski definition) is 12. The van der Waals surface area contributed by atoms with E-state index in [1.54, 1.807) is 55.3 Å². The summed E-state index contributed by atoms with van der Waals surface area (Å²) in [6.07, 6.45) is 7.29. The first-order chi connectivity index (χ1) is 27.5. The van der Waals surface area contributed by atoms with E-state index >= 15 is 0 Å². The third kappa shape index (κ3) is 11.1. The van der Waals surface area contributed by atoms with Gasteiger partial charge in [-0.05, 0) is 109 Å². The number of thioether (sulfide) groups is 2. The summed E-state index contributed by atoms with van der Waals surface area (Å²) in [5.41, 5.74) is 3.79. The van der Waals surface area contributed by atoms with Gasteiger partial charge in [0, 0.05) is 63.8 Å². The van der Waals surface area contributed by atoms with Gasteiger partial charge in [-0.2, -0.15) is 0 Å². The second-order valence-corrected chi connectivity index (χ2v) is 16.9. The van der Waals surface area contributed by atoms with Gasteiger partial charge in [-0.1, -0.05) is 77.6 Å². The summed E-state index contributed by atoms with van der Waals surface area (Å²) in [4.78, 5) is 30.3. The third-order valence-electron chi connectivity index (χ3n) is 11.8. The molecule has 6 atom stereocenters. The van der Waals surface area contributed by atoms with Gasteiger partial charge < -0.3 is 30.3 Å². The Morgan fingerprint density at radius 2 is 0.965 bits per heavy atom. The van der Waals surface area contributed by atoms with Crippen LogP contribution < -0.4 is 4.74 Å². The van der Waals surface area contributed by atoms with Crippen molar-refractivity contribution in [3.05, 3.63) is 127 Å². The van der Waals surface area contributed by atoms with Gasteiger partial charge in [-0.15, -0.1) is 23.5 Å². The minimum Gasteiger partial charge on any atom is -0.508 e. The van der Waals surface area contributed by atoms with E-state index in [4.69, 9.17) is 24.6 Å². The molecule has 0 spiro atoms. The molecule has 0 aromatic heterocycles. The lowest BCUT2D eigenvalue weighted by Crippen LogP contribution is -2.40. The maximum Gasteiger partial charge on any atom is 0.119 e. The number of ether oxygens (including phenoxy) is 1.